The standard InChI is InChI=1S/C23H19N3O3/c1-16-7-5-11-19(13-16)24-21(27)15-28-20-12-6-10-18(14-20)22-25-23(29-26-22)17-8-3-2-4-9-17/h2-14H,15H2,1H3,(H,24,27). The SMILES string of the molecule is Cc1cccc(NC(=O)COc2cccc(-c3noc(-c4ccccc4)n3)c2)c1. The first-order chi connectivity index (χ1) is 14.2. The maximum absolute atomic E-state index is 12.1. The highest BCUT2D eigenvalue weighted by atomic mass is 16.5. The topological polar surface area (TPSA) is 77.2 Å². The van der Waals surface area contributed by atoms with Crippen molar-refractivity contribution >= 4 is 11.6 Å². The fourth-order valence-corrected chi connectivity index (χ4v) is 2.83. The second kappa shape index (κ2) is 8.39. The van der Waals surface area contributed by atoms with Gasteiger partial charge in [-0.1, -0.05) is 47.6 Å². The minimum atomic E-state index is -0.230. The molecule has 0 aliphatic rings. The van der Waals surface area contributed by atoms with Crippen molar-refractivity contribution < 1.29 is 14.1 Å². The van der Waals surface area contributed by atoms with Gasteiger partial charge in [-0.3, -0.25) is 4.79 Å². The Labute approximate surface area is 168 Å². The van der Waals surface area contributed by atoms with Gasteiger partial charge in [-0.15, -0.1) is 0 Å². The normalized spacial score (nSPS) is 10.5. The minimum Gasteiger partial charge on any atom is -0.484 e. The van der Waals surface area contributed by atoms with Gasteiger partial charge in [0.05, 0.1) is 0 Å². The predicted molar refractivity (Wildman–Crippen MR) is 110 cm³/mol. The largest absolute Gasteiger partial charge is 0.484 e. The second-order valence-electron chi connectivity index (χ2n) is 6.52. The van der Waals surface area contributed by atoms with Gasteiger partial charge in [-0.05, 0) is 48.9 Å². The molecule has 29 heavy (non-hydrogen) atoms. The van der Waals surface area contributed by atoms with E-state index in [0.717, 1.165) is 22.4 Å². The lowest BCUT2D eigenvalue weighted by molar-refractivity contribution is -0.118. The van der Waals surface area contributed by atoms with E-state index in [0.29, 0.717) is 17.5 Å². The van der Waals surface area contributed by atoms with E-state index in [2.05, 4.69) is 15.5 Å². The van der Waals surface area contributed by atoms with Gasteiger partial charge in [0.15, 0.2) is 6.61 Å². The van der Waals surface area contributed by atoms with Crippen LogP contribution in [0.3, 0.4) is 0 Å². The Morgan fingerprint density at radius 2 is 1.76 bits per heavy atom. The summed E-state index contributed by atoms with van der Waals surface area (Å²) in [7, 11) is 0. The lowest BCUT2D eigenvalue weighted by Crippen LogP contribution is -2.20. The number of hydrogen-bond donors (Lipinski definition) is 1. The maximum Gasteiger partial charge on any atom is 0.262 e. The van der Waals surface area contributed by atoms with Crippen molar-refractivity contribution in [1.82, 2.24) is 10.1 Å². The van der Waals surface area contributed by atoms with Gasteiger partial charge in [0.2, 0.25) is 5.82 Å². The summed E-state index contributed by atoms with van der Waals surface area (Å²) in [5.74, 6) is 1.22. The van der Waals surface area contributed by atoms with Crippen LogP contribution in [0.4, 0.5) is 5.69 Å². The zero-order valence-corrected chi connectivity index (χ0v) is 15.8. The molecule has 1 heterocycles. The van der Waals surface area contributed by atoms with E-state index in [-0.39, 0.29) is 12.5 Å². The molecule has 0 bridgehead atoms. The van der Waals surface area contributed by atoms with Crippen molar-refractivity contribution in [1.29, 1.82) is 0 Å². The summed E-state index contributed by atoms with van der Waals surface area (Å²) in [4.78, 5) is 16.6. The molecule has 6 heteroatoms. The molecule has 1 aromatic heterocycles. The summed E-state index contributed by atoms with van der Waals surface area (Å²) in [6.45, 7) is 1.87. The van der Waals surface area contributed by atoms with Crippen molar-refractivity contribution in [3.8, 4) is 28.6 Å². The van der Waals surface area contributed by atoms with Crippen LogP contribution >= 0.6 is 0 Å². The molecule has 3 aromatic carbocycles. The Hall–Kier alpha value is -3.93. The van der Waals surface area contributed by atoms with E-state index in [1.807, 2.05) is 73.7 Å². The number of nitrogens with one attached hydrogen (secondary N) is 1. The van der Waals surface area contributed by atoms with Crippen molar-refractivity contribution in [2.24, 2.45) is 0 Å². The first-order valence-corrected chi connectivity index (χ1v) is 9.16. The van der Waals surface area contributed by atoms with Crippen LogP contribution in [0.5, 0.6) is 5.75 Å². The van der Waals surface area contributed by atoms with Crippen LogP contribution in [0.15, 0.2) is 83.4 Å². The number of ether oxygens (including phenoxy) is 1. The molecule has 0 saturated carbocycles. The Bertz CT molecular complexity index is 1120. The third-order valence-corrected chi connectivity index (χ3v) is 4.21. The molecule has 4 rings (SSSR count). The van der Waals surface area contributed by atoms with Crippen LogP contribution in [-0.2, 0) is 4.79 Å². The number of nitrogens with zero attached hydrogens (tertiary/aromatic N) is 2. The van der Waals surface area contributed by atoms with Crippen LogP contribution < -0.4 is 10.1 Å². The van der Waals surface area contributed by atoms with Gasteiger partial charge in [-0.2, -0.15) is 4.98 Å². The van der Waals surface area contributed by atoms with Gasteiger partial charge in [0.1, 0.15) is 5.75 Å². The lowest BCUT2D eigenvalue weighted by atomic mass is 10.2. The van der Waals surface area contributed by atoms with Crippen LogP contribution in [0.2, 0.25) is 0 Å². The van der Waals surface area contributed by atoms with Crippen LogP contribution in [-0.4, -0.2) is 22.7 Å². The average molecular weight is 385 g/mol. The minimum absolute atomic E-state index is 0.0983. The molecule has 1 amide bonds. The zero-order chi connectivity index (χ0) is 20.1. The van der Waals surface area contributed by atoms with Gasteiger partial charge in [0.25, 0.3) is 11.8 Å². The van der Waals surface area contributed by atoms with Gasteiger partial charge in [-0.25, -0.2) is 0 Å². The summed E-state index contributed by atoms with van der Waals surface area (Å²) in [6.07, 6.45) is 0. The van der Waals surface area contributed by atoms with E-state index >= 15 is 0 Å². The molecular formula is C23H19N3O3. The van der Waals surface area contributed by atoms with E-state index < -0.39 is 0 Å². The fraction of sp³-hybridized carbons (Fsp3) is 0.0870. The Morgan fingerprint density at radius 3 is 2.59 bits per heavy atom. The molecule has 6 nitrogen and oxygen atoms in total. The summed E-state index contributed by atoms with van der Waals surface area (Å²) in [5.41, 5.74) is 3.41. The molecule has 144 valence electrons. The van der Waals surface area contributed by atoms with E-state index in [9.17, 15) is 4.79 Å². The molecule has 0 fully saturated rings. The molecule has 0 saturated heterocycles. The number of aromatic nitrogens is 2. The van der Waals surface area contributed by atoms with Crippen molar-refractivity contribution in [3.05, 3.63) is 84.4 Å². The molecule has 0 spiro atoms. The number of carbonyl (C=O) groups is 1. The summed E-state index contributed by atoms with van der Waals surface area (Å²) >= 11 is 0. The van der Waals surface area contributed by atoms with Crippen molar-refractivity contribution in [3.63, 3.8) is 0 Å². The zero-order valence-electron chi connectivity index (χ0n) is 15.8. The summed E-state index contributed by atoms with van der Waals surface area (Å²) < 4.78 is 11.0. The van der Waals surface area contributed by atoms with Gasteiger partial charge < -0.3 is 14.6 Å². The highest BCUT2D eigenvalue weighted by Crippen LogP contribution is 2.24. The van der Waals surface area contributed by atoms with Crippen molar-refractivity contribution in [2.45, 2.75) is 6.92 Å². The summed E-state index contributed by atoms with van der Waals surface area (Å²) in [6, 6.07) is 24.4. The third kappa shape index (κ3) is 4.68. The fourth-order valence-electron chi connectivity index (χ4n) is 2.83. The maximum atomic E-state index is 12.1. The smallest absolute Gasteiger partial charge is 0.262 e. The summed E-state index contributed by atoms with van der Waals surface area (Å²) in [5, 5.41) is 6.86. The quantitative estimate of drug-likeness (QED) is 0.519. The number of amides is 1. The molecule has 0 aliphatic carbocycles. The lowest BCUT2D eigenvalue weighted by Gasteiger charge is -2.08. The molecule has 0 unspecified atom stereocenters. The molecule has 4 aromatic rings. The molecule has 0 radical (unpaired) electrons. The molecular weight excluding hydrogens is 366 g/mol. The van der Waals surface area contributed by atoms with Gasteiger partial charge in [0, 0.05) is 16.8 Å². The number of aryl methyl sites for hydroxylation is 1. The number of anilines is 1. The highest BCUT2D eigenvalue weighted by Gasteiger charge is 2.11. The van der Waals surface area contributed by atoms with E-state index in [4.69, 9.17) is 9.26 Å². The van der Waals surface area contributed by atoms with E-state index in [1.54, 1.807) is 12.1 Å². The number of carbonyl (C=O) groups excluding carboxylic acids is 1. The van der Waals surface area contributed by atoms with Crippen LogP contribution in [0.1, 0.15) is 5.56 Å². The third-order valence-electron chi connectivity index (χ3n) is 4.21. The predicted octanol–water partition coefficient (Wildman–Crippen LogP) is 4.73. The number of rotatable bonds is 6. The van der Waals surface area contributed by atoms with Gasteiger partial charge >= 0.3 is 0 Å². The van der Waals surface area contributed by atoms with Crippen LogP contribution in [0.25, 0.3) is 22.8 Å². The monoisotopic (exact) mass is 385 g/mol. The molecule has 0 atom stereocenters. The Kier molecular flexibility index (Phi) is 5.33. The first-order valence-electron chi connectivity index (χ1n) is 9.16. The Balaban J connectivity index is 1.41. The highest BCUT2D eigenvalue weighted by molar-refractivity contribution is 5.91. The first kappa shape index (κ1) is 18.4. The van der Waals surface area contributed by atoms with E-state index in [1.165, 1.54) is 0 Å². The van der Waals surface area contributed by atoms with Crippen molar-refractivity contribution in [2.75, 3.05) is 11.9 Å². The molecule has 1 N–H and O–H groups in total. The van der Waals surface area contributed by atoms with Crippen LogP contribution in [0, 0.1) is 6.92 Å². The molecule has 0 aliphatic heterocycles. The number of benzene rings is 3. The average Bonchev–Trinajstić information content (AvgIpc) is 3.24. The second-order valence-corrected chi connectivity index (χ2v) is 6.52. The number of hydrogen-bond acceptors (Lipinski definition) is 5. The Morgan fingerprint density at radius 1 is 0.966 bits per heavy atom.